The Morgan fingerprint density at radius 2 is 1.83 bits per heavy atom. The fourth-order valence-electron chi connectivity index (χ4n) is 2.29. The Bertz CT molecular complexity index is 874. The van der Waals surface area contributed by atoms with Gasteiger partial charge in [0, 0.05) is 10.4 Å². The maximum absolute atomic E-state index is 12.3. The molecule has 0 aliphatic heterocycles. The summed E-state index contributed by atoms with van der Waals surface area (Å²) in [6.07, 6.45) is 0. The lowest BCUT2D eigenvalue weighted by Gasteiger charge is -2.14. The van der Waals surface area contributed by atoms with Gasteiger partial charge in [0.25, 0.3) is 5.91 Å². The van der Waals surface area contributed by atoms with E-state index in [9.17, 15) is 9.59 Å². The number of carbonyl (C=O) groups is 2. The van der Waals surface area contributed by atoms with Gasteiger partial charge in [-0.2, -0.15) is 0 Å². The van der Waals surface area contributed by atoms with Gasteiger partial charge in [-0.1, -0.05) is 41.9 Å². The molecule has 0 fully saturated rings. The molecule has 0 aliphatic rings. The molecule has 0 saturated heterocycles. The van der Waals surface area contributed by atoms with Crippen LogP contribution in [0, 0.1) is 0 Å². The summed E-state index contributed by atoms with van der Waals surface area (Å²) in [7, 11) is 0. The summed E-state index contributed by atoms with van der Waals surface area (Å²) in [4.78, 5) is 24.0. The second-order valence-corrected chi connectivity index (χ2v) is 5.45. The molecule has 0 aliphatic carbocycles. The topological polar surface area (TPSA) is 85.3 Å². The Morgan fingerprint density at radius 3 is 2.52 bits per heavy atom. The standard InChI is InChI=1S/C17H13ClN2O3/c18-12-6-7-13-11(8-12)9-14(23-13)17(22)20-15(16(19)21)10-4-2-1-3-5-10/h1-9,15H,(H2,19,21)(H,20,22)/t15-/m1/s1. The van der Waals surface area contributed by atoms with Gasteiger partial charge in [0.05, 0.1) is 0 Å². The van der Waals surface area contributed by atoms with Crippen molar-refractivity contribution >= 4 is 34.4 Å². The number of furan rings is 1. The highest BCUT2D eigenvalue weighted by Gasteiger charge is 2.22. The first-order valence-corrected chi connectivity index (χ1v) is 7.26. The van der Waals surface area contributed by atoms with Crippen LogP contribution >= 0.6 is 11.6 Å². The molecule has 3 N–H and O–H groups in total. The molecule has 5 nitrogen and oxygen atoms in total. The van der Waals surface area contributed by atoms with E-state index in [2.05, 4.69) is 5.32 Å². The Morgan fingerprint density at radius 1 is 1.09 bits per heavy atom. The minimum absolute atomic E-state index is 0.0875. The van der Waals surface area contributed by atoms with Gasteiger partial charge in [0.2, 0.25) is 5.91 Å². The first-order chi connectivity index (χ1) is 11.0. The highest BCUT2D eigenvalue weighted by Crippen LogP contribution is 2.23. The monoisotopic (exact) mass is 328 g/mol. The fraction of sp³-hybridized carbons (Fsp3) is 0.0588. The van der Waals surface area contributed by atoms with Gasteiger partial charge in [0.1, 0.15) is 11.6 Å². The number of amides is 2. The van der Waals surface area contributed by atoms with Crippen LogP contribution in [0.3, 0.4) is 0 Å². The molecular weight excluding hydrogens is 316 g/mol. The summed E-state index contributed by atoms with van der Waals surface area (Å²) < 4.78 is 5.48. The summed E-state index contributed by atoms with van der Waals surface area (Å²) in [5.74, 6) is -1.09. The van der Waals surface area contributed by atoms with Crippen molar-refractivity contribution in [3.05, 3.63) is 70.9 Å². The number of primary amides is 1. The van der Waals surface area contributed by atoms with Crippen LogP contribution in [0.25, 0.3) is 11.0 Å². The molecule has 1 heterocycles. The van der Waals surface area contributed by atoms with E-state index >= 15 is 0 Å². The van der Waals surface area contributed by atoms with E-state index in [0.717, 1.165) is 0 Å². The number of nitrogens with two attached hydrogens (primary N) is 1. The molecule has 0 saturated carbocycles. The number of rotatable bonds is 4. The highest BCUT2D eigenvalue weighted by atomic mass is 35.5. The average Bonchev–Trinajstić information content (AvgIpc) is 2.96. The number of benzene rings is 2. The lowest BCUT2D eigenvalue weighted by Crippen LogP contribution is -2.37. The zero-order chi connectivity index (χ0) is 16.4. The summed E-state index contributed by atoms with van der Waals surface area (Å²) in [5.41, 5.74) is 6.53. The minimum Gasteiger partial charge on any atom is -0.451 e. The van der Waals surface area contributed by atoms with Crippen LogP contribution in [0.15, 0.2) is 59.0 Å². The van der Waals surface area contributed by atoms with Gasteiger partial charge < -0.3 is 15.5 Å². The lowest BCUT2D eigenvalue weighted by atomic mass is 10.1. The Balaban J connectivity index is 1.87. The van der Waals surface area contributed by atoms with Crippen LogP contribution in [0.5, 0.6) is 0 Å². The average molecular weight is 329 g/mol. The van der Waals surface area contributed by atoms with Gasteiger partial charge in [0.15, 0.2) is 5.76 Å². The second-order valence-electron chi connectivity index (χ2n) is 5.01. The molecule has 0 unspecified atom stereocenters. The number of halogens is 1. The first-order valence-electron chi connectivity index (χ1n) is 6.89. The Hall–Kier alpha value is -2.79. The molecule has 2 aromatic carbocycles. The third-order valence-electron chi connectivity index (χ3n) is 3.39. The maximum Gasteiger partial charge on any atom is 0.287 e. The largest absolute Gasteiger partial charge is 0.451 e. The number of carbonyl (C=O) groups excluding carboxylic acids is 2. The van der Waals surface area contributed by atoms with E-state index in [0.29, 0.717) is 21.6 Å². The minimum atomic E-state index is -0.930. The molecular formula is C17H13ClN2O3. The Kier molecular flexibility index (Phi) is 4.04. The van der Waals surface area contributed by atoms with Crippen LogP contribution in [0.2, 0.25) is 5.02 Å². The third kappa shape index (κ3) is 3.19. The molecule has 3 rings (SSSR count). The van der Waals surface area contributed by atoms with Crippen LogP contribution in [-0.4, -0.2) is 11.8 Å². The van der Waals surface area contributed by atoms with Crippen molar-refractivity contribution < 1.29 is 14.0 Å². The zero-order valence-electron chi connectivity index (χ0n) is 12.0. The summed E-state index contributed by atoms with van der Waals surface area (Å²) in [6, 6.07) is 14.5. The van der Waals surface area contributed by atoms with Crippen molar-refractivity contribution in [2.75, 3.05) is 0 Å². The normalized spacial score (nSPS) is 12.0. The van der Waals surface area contributed by atoms with E-state index in [1.165, 1.54) is 0 Å². The van der Waals surface area contributed by atoms with Crippen LogP contribution in [0.1, 0.15) is 22.2 Å². The van der Waals surface area contributed by atoms with Crippen molar-refractivity contribution in [3.8, 4) is 0 Å². The summed E-state index contributed by atoms with van der Waals surface area (Å²) in [5, 5.41) is 3.84. The number of fused-ring (bicyclic) bond motifs is 1. The summed E-state index contributed by atoms with van der Waals surface area (Å²) in [6.45, 7) is 0. The van der Waals surface area contributed by atoms with Crippen LogP contribution in [-0.2, 0) is 4.79 Å². The fourth-order valence-corrected chi connectivity index (χ4v) is 2.47. The van der Waals surface area contributed by atoms with E-state index in [4.69, 9.17) is 21.8 Å². The molecule has 0 bridgehead atoms. The second kappa shape index (κ2) is 6.14. The molecule has 116 valence electrons. The molecule has 0 spiro atoms. The van der Waals surface area contributed by atoms with Crippen LogP contribution in [0.4, 0.5) is 0 Å². The molecule has 2 amide bonds. The van der Waals surface area contributed by atoms with E-state index in [1.54, 1.807) is 48.5 Å². The third-order valence-corrected chi connectivity index (χ3v) is 3.63. The van der Waals surface area contributed by atoms with Crippen molar-refractivity contribution in [1.29, 1.82) is 0 Å². The van der Waals surface area contributed by atoms with Gasteiger partial charge in [-0.05, 0) is 29.8 Å². The smallest absolute Gasteiger partial charge is 0.287 e. The maximum atomic E-state index is 12.3. The van der Waals surface area contributed by atoms with Crippen molar-refractivity contribution in [2.45, 2.75) is 6.04 Å². The van der Waals surface area contributed by atoms with Crippen LogP contribution < -0.4 is 11.1 Å². The predicted octanol–water partition coefficient (Wildman–Crippen LogP) is 3.04. The molecule has 6 heteroatoms. The molecule has 1 atom stereocenters. The first kappa shape index (κ1) is 15.1. The SMILES string of the molecule is NC(=O)[C@H](NC(=O)c1cc2cc(Cl)ccc2o1)c1ccccc1. The van der Waals surface area contributed by atoms with Gasteiger partial charge in [-0.3, -0.25) is 9.59 Å². The molecule has 3 aromatic rings. The number of nitrogens with one attached hydrogen (secondary N) is 1. The molecule has 1 aromatic heterocycles. The quantitative estimate of drug-likeness (QED) is 0.772. The molecule has 0 radical (unpaired) electrons. The van der Waals surface area contributed by atoms with Gasteiger partial charge in [-0.25, -0.2) is 0 Å². The van der Waals surface area contributed by atoms with E-state index in [-0.39, 0.29) is 5.76 Å². The summed E-state index contributed by atoms with van der Waals surface area (Å²) >= 11 is 5.91. The Labute approximate surface area is 137 Å². The van der Waals surface area contributed by atoms with Gasteiger partial charge >= 0.3 is 0 Å². The van der Waals surface area contributed by atoms with Crippen molar-refractivity contribution in [1.82, 2.24) is 5.32 Å². The van der Waals surface area contributed by atoms with Gasteiger partial charge in [-0.15, -0.1) is 0 Å². The van der Waals surface area contributed by atoms with Crippen molar-refractivity contribution in [3.63, 3.8) is 0 Å². The van der Waals surface area contributed by atoms with E-state index in [1.807, 2.05) is 6.07 Å². The highest BCUT2D eigenvalue weighted by molar-refractivity contribution is 6.31. The molecule has 23 heavy (non-hydrogen) atoms. The predicted molar refractivity (Wildman–Crippen MR) is 87.1 cm³/mol. The van der Waals surface area contributed by atoms with Crippen molar-refractivity contribution in [2.24, 2.45) is 5.73 Å². The lowest BCUT2D eigenvalue weighted by molar-refractivity contribution is -0.120. The number of hydrogen-bond donors (Lipinski definition) is 2. The number of hydrogen-bond acceptors (Lipinski definition) is 3. The van der Waals surface area contributed by atoms with E-state index < -0.39 is 17.9 Å². The zero-order valence-corrected chi connectivity index (χ0v) is 12.7.